The molecule has 9 heteroatoms. The van der Waals surface area contributed by atoms with Crippen molar-refractivity contribution in [3.8, 4) is 18.2 Å². The first kappa shape index (κ1) is 25.8. The Bertz CT molecular complexity index is 854. The molecule has 1 rings (SSSR count). The molecule has 0 aliphatic heterocycles. The number of benzene rings is 1. The Balaban J connectivity index is 3.35. The van der Waals surface area contributed by atoms with Crippen LogP contribution in [0.1, 0.15) is 51.8 Å². The summed E-state index contributed by atoms with van der Waals surface area (Å²) in [6.45, 7) is 9.24. The highest BCUT2D eigenvalue weighted by Crippen LogP contribution is 2.32. The van der Waals surface area contributed by atoms with Gasteiger partial charge in [0, 0.05) is 17.6 Å². The number of alkyl carbamates (subject to hydrolysis) is 1. The molecule has 170 valence electrons. The molecule has 0 radical (unpaired) electrons. The predicted octanol–water partition coefficient (Wildman–Crippen LogP) is 1.57. The van der Waals surface area contributed by atoms with Gasteiger partial charge in [0.15, 0.2) is 6.04 Å². The third-order valence-electron chi connectivity index (χ3n) is 4.05. The number of carbonyl (C=O) groups excluding carboxylic acids is 3. The van der Waals surface area contributed by atoms with Gasteiger partial charge in [0.2, 0.25) is 5.91 Å². The topological polar surface area (TPSA) is 128 Å². The number of ether oxygens (including phenoxy) is 1. The number of hydrogen-bond donors (Lipinski definition) is 4. The van der Waals surface area contributed by atoms with Crippen LogP contribution in [0.15, 0.2) is 18.2 Å². The Kier molecular flexibility index (Phi) is 8.88. The molecule has 4 N–H and O–H groups in total. The van der Waals surface area contributed by atoms with Crippen molar-refractivity contribution < 1.29 is 29.3 Å². The van der Waals surface area contributed by atoms with Gasteiger partial charge in [-0.25, -0.2) is 4.79 Å². The number of aromatic hydroxyl groups is 1. The molecule has 0 saturated heterocycles. The van der Waals surface area contributed by atoms with Crippen LogP contribution in [0.25, 0.3) is 0 Å². The Labute approximate surface area is 182 Å². The largest absolute Gasteiger partial charge is 0.507 e. The van der Waals surface area contributed by atoms with Crippen LogP contribution in [-0.4, -0.2) is 57.3 Å². The van der Waals surface area contributed by atoms with Crippen molar-refractivity contribution in [1.29, 1.82) is 0 Å². The van der Waals surface area contributed by atoms with Gasteiger partial charge >= 0.3 is 6.09 Å². The molecule has 0 aliphatic carbocycles. The fraction of sp³-hybridized carbons (Fsp3) is 0.500. The van der Waals surface area contributed by atoms with Crippen molar-refractivity contribution in [2.24, 2.45) is 0 Å². The lowest BCUT2D eigenvalue weighted by molar-refractivity contribution is -0.139. The molecule has 31 heavy (non-hydrogen) atoms. The molecule has 2 unspecified atom stereocenters. The maximum Gasteiger partial charge on any atom is 0.408 e. The molecule has 9 nitrogen and oxygen atoms in total. The van der Waals surface area contributed by atoms with Gasteiger partial charge in [0.25, 0.3) is 5.91 Å². The summed E-state index contributed by atoms with van der Waals surface area (Å²) in [5.74, 6) is -1.74. The molecule has 2 atom stereocenters. The third-order valence-corrected chi connectivity index (χ3v) is 4.05. The maximum absolute atomic E-state index is 13.1. The Morgan fingerprint density at radius 3 is 2.32 bits per heavy atom. The second-order valence-electron chi connectivity index (χ2n) is 8.30. The number of aliphatic hydroxyl groups excluding tert-OH is 1. The summed E-state index contributed by atoms with van der Waals surface area (Å²) in [4.78, 5) is 38.9. The number of phenols is 1. The smallest absolute Gasteiger partial charge is 0.408 e. The first-order chi connectivity index (χ1) is 14.3. The van der Waals surface area contributed by atoms with Crippen LogP contribution in [0.5, 0.6) is 5.75 Å². The van der Waals surface area contributed by atoms with Gasteiger partial charge in [-0.15, -0.1) is 0 Å². The summed E-state index contributed by atoms with van der Waals surface area (Å²) >= 11 is 0. The monoisotopic (exact) mass is 433 g/mol. The van der Waals surface area contributed by atoms with Crippen molar-refractivity contribution in [2.45, 2.75) is 65.3 Å². The highest BCUT2D eigenvalue weighted by atomic mass is 16.6. The number of rotatable bonds is 7. The van der Waals surface area contributed by atoms with Gasteiger partial charge in [-0.3, -0.25) is 14.5 Å². The molecule has 0 aliphatic rings. The normalized spacial score (nSPS) is 13.0. The average Bonchev–Trinajstić information content (AvgIpc) is 2.64. The van der Waals surface area contributed by atoms with Gasteiger partial charge in [0.05, 0.1) is 6.61 Å². The van der Waals surface area contributed by atoms with Crippen LogP contribution in [0.2, 0.25) is 0 Å². The number of para-hydroxylation sites is 1. The summed E-state index contributed by atoms with van der Waals surface area (Å²) in [5.41, 5.74) is -0.236. The van der Waals surface area contributed by atoms with Crippen LogP contribution in [-0.2, 0) is 14.3 Å². The summed E-state index contributed by atoms with van der Waals surface area (Å²) in [6.07, 6.45) is 4.63. The molecule has 0 heterocycles. The number of carbonyl (C=O) groups is 3. The van der Waals surface area contributed by atoms with E-state index in [1.54, 1.807) is 53.7 Å². The quantitative estimate of drug-likeness (QED) is 0.382. The van der Waals surface area contributed by atoms with Crippen LogP contribution in [0.3, 0.4) is 0 Å². The molecule has 0 aromatic heterocycles. The van der Waals surface area contributed by atoms with Gasteiger partial charge in [-0.05, 0) is 47.1 Å². The SMILES string of the molecule is C#CN(C(=O)C(CO)NC(=O)OC(C)(C)C)C(C(=O)NC(C)C)c1cccc(C)c1O. The van der Waals surface area contributed by atoms with E-state index in [9.17, 15) is 24.6 Å². The molecular weight excluding hydrogens is 402 g/mol. The van der Waals surface area contributed by atoms with E-state index < -0.39 is 42.2 Å². The van der Waals surface area contributed by atoms with Crippen molar-refractivity contribution >= 4 is 17.9 Å². The number of nitrogens with one attached hydrogen (secondary N) is 2. The molecule has 1 aromatic carbocycles. The van der Waals surface area contributed by atoms with Crippen molar-refractivity contribution in [2.75, 3.05) is 6.61 Å². The van der Waals surface area contributed by atoms with Gasteiger partial charge < -0.3 is 25.6 Å². The van der Waals surface area contributed by atoms with Crippen LogP contribution in [0.4, 0.5) is 4.79 Å². The van der Waals surface area contributed by atoms with E-state index in [4.69, 9.17) is 11.2 Å². The number of amides is 3. The summed E-state index contributed by atoms with van der Waals surface area (Å²) < 4.78 is 5.11. The third kappa shape index (κ3) is 7.19. The highest BCUT2D eigenvalue weighted by Gasteiger charge is 2.37. The first-order valence-electron chi connectivity index (χ1n) is 9.80. The number of aliphatic hydroxyl groups is 1. The Morgan fingerprint density at radius 1 is 1.23 bits per heavy atom. The molecule has 0 bridgehead atoms. The number of hydrogen-bond acceptors (Lipinski definition) is 6. The Hall–Kier alpha value is -3.25. The van der Waals surface area contributed by atoms with E-state index in [0.717, 1.165) is 4.90 Å². The van der Waals surface area contributed by atoms with Crippen LogP contribution >= 0.6 is 0 Å². The fourth-order valence-electron chi connectivity index (χ4n) is 2.73. The van der Waals surface area contributed by atoms with E-state index in [2.05, 4.69) is 16.7 Å². The number of terminal acetylenes is 1. The minimum atomic E-state index is -1.47. The predicted molar refractivity (Wildman–Crippen MR) is 115 cm³/mol. The second kappa shape index (κ2) is 10.7. The maximum atomic E-state index is 13.1. The van der Waals surface area contributed by atoms with E-state index >= 15 is 0 Å². The van der Waals surface area contributed by atoms with Crippen molar-refractivity contribution in [3.05, 3.63) is 29.3 Å². The lowest BCUT2D eigenvalue weighted by Crippen LogP contribution is -2.53. The summed E-state index contributed by atoms with van der Waals surface area (Å²) in [5, 5.41) is 25.1. The average molecular weight is 434 g/mol. The highest BCUT2D eigenvalue weighted by molar-refractivity contribution is 5.93. The molecule has 0 saturated carbocycles. The zero-order valence-corrected chi connectivity index (χ0v) is 18.7. The van der Waals surface area contributed by atoms with E-state index in [1.807, 2.05) is 0 Å². The zero-order valence-electron chi connectivity index (χ0n) is 18.7. The lowest BCUT2D eigenvalue weighted by Gasteiger charge is -2.30. The molecule has 0 fully saturated rings. The molecule has 3 amide bonds. The zero-order chi connectivity index (χ0) is 23.9. The lowest BCUT2D eigenvalue weighted by atomic mass is 9.99. The molecule has 0 spiro atoms. The van der Waals surface area contributed by atoms with Gasteiger partial charge in [0.1, 0.15) is 17.4 Å². The van der Waals surface area contributed by atoms with E-state index in [-0.39, 0.29) is 17.4 Å². The van der Waals surface area contributed by atoms with E-state index in [1.165, 1.54) is 6.07 Å². The molecular formula is C22H31N3O6. The first-order valence-corrected chi connectivity index (χ1v) is 9.80. The van der Waals surface area contributed by atoms with E-state index in [0.29, 0.717) is 5.56 Å². The van der Waals surface area contributed by atoms with Gasteiger partial charge in [-0.1, -0.05) is 24.6 Å². The minimum absolute atomic E-state index is 0.110. The van der Waals surface area contributed by atoms with Crippen molar-refractivity contribution in [3.63, 3.8) is 0 Å². The van der Waals surface area contributed by atoms with Crippen LogP contribution in [0, 0.1) is 19.4 Å². The van der Waals surface area contributed by atoms with Gasteiger partial charge in [-0.2, -0.15) is 0 Å². The standard InChI is InChI=1S/C22H31N3O6/c1-8-25(20(29)16(12-26)24-21(30)31-22(5,6)7)17(19(28)23-13(2)3)15-11-9-10-14(4)18(15)27/h1,9-11,13,16-17,26-27H,12H2,2-7H3,(H,23,28)(H,24,30). The second-order valence-corrected chi connectivity index (χ2v) is 8.30. The minimum Gasteiger partial charge on any atom is -0.507 e. The van der Waals surface area contributed by atoms with Crippen LogP contribution < -0.4 is 10.6 Å². The Morgan fingerprint density at radius 2 is 1.84 bits per heavy atom. The molecule has 1 aromatic rings. The number of phenolic OH excluding ortho intramolecular Hbond substituents is 1. The summed E-state index contributed by atoms with van der Waals surface area (Å²) in [6, 6.07) is 3.74. The fourth-order valence-corrected chi connectivity index (χ4v) is 2.73. The summed E-state index contributed by atoms with van der Waals surface area (Å²) in [7, 11) is 0. The van der Waals surface area contributed by atoms with Crippen molar-refractivity contribution in [1.82, 2.24) is 15.5 Å². The number of aryl methyl sites for hydroxylation is 1. The number of nitrogens with zero attached hydrogens (tertiary/aromatic N) is 1.